The maximum Gasteiger partial charge on any atom is 0.417 e. The number of alkyl halides is 3. The summed E-state index contributed by atoms with van der Waals surface area (Å²) < 4.78 is 42.6. The van der Waals surface area contributed by atoms with Crippen LogP contribution < -0.4 is 5.73 Å². The van der Waals surface area contributed by atoms with Gasteiger partial charge in [-0.1, -0.05) is 24.3 Å². The van der Waals surface area contributed by atoms with Crippen molar-refractivity contribution < 1.29 is 18.3 Å². The van der Waals surface area contributed by atoms with Crippen molar-refractivity contribution in [1.82, 2.24) is 14.8 Å². The fourth-order valence-corrected chi connectivity index (χ4v) is 5.26. The highest BCUT2D eigenvalue weighted by Gasteiger charge is 2.41. The summed E-state index contributed by atoms with van der Waals surface area (Å²) in [5.74, 6) is 0.228. The summed E-state index contributed by atoms with van der Waals surface area (Å²) in [5, 5.41) is 24.5. The van der Waals surface area contributed by atoms with E-state index in [0.29, 0.717) is 34.3 Å². The van der Waals surface area contributed by atoms with Gasteiger partial charge in [0.05, 0.1) is 27.4 Å². The van der Waals surface area contributed by atoms with Gasteiger partial charge >= 0.3 is 6.18 Å². The predicted octanol–water partition coefficient (Wildman–Crippen LogP) is 5.39. The third kappa shape index (κ3) is 3.63. The minimum absolute atomic E-state index is 0.0241. The molecule has 0 atom stereocenters. The number of halogens is 3. The molecule has 0 bridgehead atoms. The highest BCUT2D eigenvalue weighted by molar-refractivity contribution is 7.21. The first-order chi connectivity index (χ1) is 15.6. The summed E-state index contributed by atoms with van der Waals surface area (Å²) in [5.41, 5.74) is 6.39. The number of aromatic nitrogens is 3. The van der Waals surface area contributed by atoms with E-state index in [1.165, 1.54) is 23.5 Å². The Labute approximate surface area is 190 Å². The normalized spacial score (nSPS) is 20.5. The van der Waals surface area contributed by atoms with Crippen molar-refractivity contribution in [3.63, 3.8) is 0 Å². The predicted molar refractivity (Wildman–Crippen MR) is 119 cm³/mol. The number of fused-ring (bicyclic) bond motifs is 1. The molecular formula is C23H18F3N5OS. The van der Waals surface area contributed by atoms with Crippen LogP contribution in [-0.4, -0.2) is 25.5 Å². The number of benzene rings is 2. The molecule has 0 aliphatic heterocycles. The second-order valence-electron chi connectivity index (χ2n) is 8.47. The molecule has 0 saturated heterocycles. The fraction of sp³-hybridized carbons (Fsp3) is 0.261. The van der Waals surface area contributed by atoms with Crippen molar-refractivity contribution in [2.24, 2.45) is 0 Å². The quantitative estimate of drug-likeness (QED) is 0.419. The van der Waals surface area contributed by atoms with Crippen LogP contribution in [0.15, 0.2) is 42.5 Å². The highest BCUT2D eigenvalue weighted by atomic mass is 32.1. The lowest BCUT2D eigenvalue weighted by Gasteiger charge is -2.41. The van der Waals surface area contributed by atoms with Crippen LogP contribution in [-0.2, 0) is 6.18 Å². The molecule has 3 N–H and O–H groups in total. The van der Waals surface area contributed by atoms with Crippen LogP contribution in [0, 0.1) is 11.3 Å². The minimum atomic E-state index is -4.49. The Morgan fingerprint density at radius 3 is 2.64 bits per heavy atom. The lowest BCUT2D eigenvalue weighted by molar-refractivity contribution is -0.137. The molecule has 2 aromatic carbocycles. The first-order valence-corrected chi connectivity index (χ1v) is 11.0. The van der Waals surface area contributed by atoms with Gasteiger partial charge in [-0.25, -0.2) is 9.67 Å². The van der Waals surface area contributed by atoms with Crippen LogP contribution in [0.25, 0.3) is 32.0 Å². The smallest absolute Gasteiger partial charge is 0.390 e. The molecule has 33 heavy (non-hydrogen) atoms. The average molecular weight is 469 g/mol. The third-order valence-electron chi connectivity index (χ3n) is 5.88. The van der Waals surface area contributed by atoms with Crippen LogP contribution in [0.1, 0.15) is 36.9 Å². The number of thiazole rings is 1. The SMILES string of the molecule is CC1(O)CC(n2nc(-c3ccc4sc(-c5ccccc5C(F)(F)F)nc4c3)c(C#N)c2N)C1. The second-order valence-corrected chi connectivity index (χ2v) is 9.50. The maximum absolute atomic E-state index is 13.5. The Bertz CT molecular complexity index is 1420. The maximum atomic E-state index is 13.5. The monoisotopic (exact) mass is 469 g/mol. The molecule has 0 radical (unpaired) electrons. The number of aliphatic hydroxyl groups is 1. The van der Waals surface area contributed by atoms with Gasteiger partial charge < -0.3 is 10.8 Å². The molecule has 168 valence electrons. The zero-order chi connectivity index (χ0) is 23.5. The van der Waals surface area contributed by atoms with Crippen molar-refractivity contribution in [2.45, 2.75) is 37.6 Å². The van der Waals surface area contributed by atoms with Crippen molar-refractivity contribution in [2.75, 3.05) is 5.73 Å². The Morgan fingerprint density at radius 2 is 1.97 bits per heavy atom. The van der Waals surface area contributed by atoms with E-state index in [1.807, 2.05) is 0 Å². The summed E-state index contributed by atoms with van der Waals surface area (Å²) >= 11 is 1.17. The van der Waals surface area contributed by atoms with Gasteiger partial charge in [-0.05, 0) is 38.0 Å². The molecule has 0 amide bonds. The Hall–Kier alpha value is -3.42. The van der Waals surface area contributed by atoms with Crippen molar-refractivity contribution >= 4 is 27.4 Å². The molecule has 10 heteroatoms. The van der Waals surface area contributed by atoms with Crippen LogP contribution in [0.4, 0.5) is 19.0 Å². The van der Waals surface area contributed by atoms with Crippen molar-refractivity contribution in [1.29, 1.82) is 5.26 Å². The molecule has 2 aromatic heterocycles. The van der Waals surface area contributed by atoms with Gasteiger partial charge in [0, 0.05) is 11.1 Å². The number of anilines is 1. The first kappa shape index (κ1) is 21.4. The number of nitrogen functional groups attached to an aromatic ring is 1. The van der Waals surface area contributed by atoms with E-state index in [-0.39, 0.29) is 28.0 Å². The van der Waals surface area contributed by atoms with E-state index in [4.69, 9.17) is 5.73 Å². The molecule has 6 nitrogen and oxygen atoms in total. The molecule has 0 unspecified atom stereocenters. The summed E-state index contributed by atoms with van der Waals surface area (Å²) in [6.45, 7) is 1.74. The Kier molecular flexibility index (Phi) is 4.74. The zero-order valence-corrected chi connectivity index (χ0v) is 18.2. The van der Waals surface area contributed by atoms with E-state index < -0.39 is 17.3 Å². The number of rotatable bonds is 3. The molecule has 2 heterocycles. The van der Waals surface area contributed by atoms with E-state index in [9.17, 15) is 23.5 Å². The van der Waals surface area contributed by atoms with Gasteiger partial charge in [0.1, 0.15) is 28.2 Å². The van der Waals surface area contributed by atoms with E-state index in [0.717, 1.165) is 6.07 Å². The first-order valence-electron chi connectivity index (χ1n) is 10.2. The van der Waals surface area contributed by atoms with Gasteiger partial charge in [0.25, 0.3) is 0 Å². The van der Waals surface area contributed by atoms with E-state index in [1.54, 1.807) is 35.9 Å². The second kappa shape index (κ2) is 7.30. The number of nitrogens with zero attached hydrogens (tertiary/aromatic N) is 4. The molecule has 1 saturated carbocycles. The van der Waals surface area contributed by atoms with Crippen LogP contribution in [0.2, 0.25) is 0 Å². The van der Waals surface area contributed by atoms with Gasteiger partial charge in [0.2, 0.25) is 0 Å². The highest BCUT2D eigenvalue weighted by Crippen LogP contribution is 2.44. The summed E-state index contributed by atoms with van der Waals surface area (Å²) in [6.07, 6.45) is -3.52. The number of hydrogen-bond donors (Lipinski definition) is 2. The average Bonchev–Trinajstić information content (AvgIpc) is 3.31. The summed E-state index contributed by atoms with van der Waals surface area (Å²) in [6, 6.07) is 12.6. The van der Waals surface area contributed by atoms with E-state index in [2.05, 4.69) is 16.2 Å². The zero-order valence-electron chi connectivity index (χ0n) is 17.4. The molecule has 4 aromatic rings. The standard InChI is InChI=1S/C23H18F3N5OS/c1-22(32)9-13(10-22)31-20(28)15(11-27)19(30-31)12-6-7-18-17(8-12)29-21(33-18)14-4-2-3-5-16(14)23(24,25)26/h2-8,13,32H,9-10,28H2,1H3. The molecule has 1 aliphatic carbocycles. The van der Waals surface area contributed by atoms with Gasteiger partial charge in [-0.2, -0.15) is 23.5 Å². The number of nitriles is 1. The molecule has 5 rings (SSSR count). The molecular weight excluding hydrogens is 451 g/mol. The Morgan fingerprint density at radius 1 is 1.24 bits per heavy atom. The fourth-order valence-electron chi connectivity index (χ4n) is 4.27. The topological polar surface area (TPSA) is 101 Å². The number of hydrogen-bond acceptors (Lipinski definition) is 6. The molecule has 1 aliphatic rings. The summed E-state index contributed by atoms with van der Waals surface area (Å²) in [7, 11) is 0. The number of nitrogens with two attached hydrogens (primary N) is 1. The van der Waals surface area contributed by atoms with Gasteiger partial charge in [-0.15, -0.1) is 11.3 Å². The van der Waals surface area contributed by atoms with Gasteiger partial charge in [-0.3, -0.25) is 0 Å². The lowest BCUT2D eigenvalue weighted by atomic mass is 9.77. The molecule has 0 spiro atoms. The minimum Gasteiger partial charge on any atom is -0.390 e. The lowest BCUT2D eigenvalue weighted by Crippen LogP contribution is -2.42. The van der Waals surface area contributed by atoms with E-state index >= 15 is 0 Å². The summed E-state index contributed by atoms with van der Waals surface area (Å²) in [4.78, 5) is 4.45. The van der Waals surface area contributed by atoms with Crippen molar-refractivity contribution in [3.8, 4) is 27.9 Å². The largest absolute Gasteiger partial charge is 0.417 e. The third-order valence-corrected chi connectivity index (χ3v) is 6.95. The van der Waals surface area contributed by atoms with Crippen LogP contribution >= 0.6 is 11.3 Å². The van der Waals surface area contributed by atoms with Crippen LogP contribution in [0.3, 0.4) is 0 Å². The molecule has 1 fully saturated rings. The van der Waals surface area contributed by atoms with Gasteiger partial charge in [0.15, 0.2) is 0 Å². The van der Waals surface area contributed by atoms with Crippen LogP contribution in [0.5, 0.6) is 0 Å². The van der Waals surface area contributed by atoms with Crippen molar-refractivity contribution in [3.05, 3.63) is 53.6 Å². The Balaban J connectivity index is 1.57.